The summed E-state index contributed by atoms with van der Waals surface area (Å²) in [6, 6.07) is 6.53. The van der Waals surface area contributed by atoms with Crippen LogP contribution in [0.3, 0.4) is 0 Å². The van der Waals surface area contributed by atoms with E-state index in [4.69, 9.17) is 4.74 Å². The Morgan fingerprint density at radius 2 is 2.23 bits per heavy atom. The fourth-order valence-corrected chi connectivity index (χ4v) is 2.74. The largest absolute Gasteiger partial charge is 0.497 e. The van der Waals surface area contributed by atoms with E-state index in [1.54, 1.807) is 19.2 Å². The average molecular weight is 324 g/mol. The highest BCUT2D eigenvalue weighted by molar-refractivity contribution is 7.22. The molecule has 0 saturated carbocycles. The first-order valence-electron chi connectivity index (χ1n) is 6.16. The fourth-order valence-electron chi connectivity index (χ4n) is 1.90. The molecule has 0 radical (unpaired) electrons. The van der Waals surface area contributed by atoms with Crippen molar-refractivity contribution in [2.75, 3.05) is 12.4 Å². The number of anilines is 1. The highest BCUT2D eigenvalue weighted by Gasteiger charge is 2.19. The van der Waals surface area contributed by atoms with Crippen molar-refractivity contribution in [2.24, 2.45) is 0 Å². The molecule has 3 rings (SSSR count). The smallest absolute Gasteiger partial charge is 0.333 e. The van der Waals surface area contributed by atoms with Crippen molar-refractivity contribution in [1.82, 2.24) is 14.8 Å². The van der Waals surface area contributed by atoms with Crippen LogP contribution in [0.2, 0.25) is 0 Å². The Balaban J connectivity index is 1.86. The molecule has 0 spiro atoms. The molecule has 0 bridgehead atoms. The van der Waals surface area contributed by atoms with Crippen molar-refractivity contribution in [3.8, 4) is 5.75 Å². The summed E-state index contributed by atoms with van der Waals surface area (Å²) in [5.74, 6) is -0.0460. The van der Waals surface area contributed by atoms with Crippen LogP contribution < -0.4 is 10.1 Å². The molecular formula is C13H10F2N4O2S. The summed E-state index contributed by atoms with van der Waals surface area (Å²) >= 11 is 1.24. The predicted octanol–water partition coefficient (Wildman–Crippen LogP) is 3.15. The molecule has 0 unspecified atom stereocenters. The minimum Gasteiger partial charge on any atom is -0.497 e. The number of methoxy groups -OCH3 is 1. The predicted molar refractivity (Wildman–Crippen MR) is 77.6 cm³/mol. The monoisotopic (exact) mass is 324 g/mol. The van der Waals surface area contributed by atoms with E-state index in [2.05, 4.69) is 15.4 Å². The van der Waals surface area contributed by atoms with Gasteiger partial charge in [-0.2, -0.15) is 18.6 Å². The second-order valence-electron chi connectivity index (χ2n) is 4.25. The van der Waals surface area contributed by atoms with Crippen LogP contribution in [0.25, 0.3) is 10.2 Å². The summed E-state index contributed by atoms with van der Waals surface area (Å²) < 4.78 is 31.7. The number of amides is 1. The minimum atomic E-state index is -2.88. The van der Waals surface area contributed by atoms with Gasteiger partial charge in [-0.05, 0) is 18.2 Å². The second-order valence-corrected chi connectivity index (χ2v) is 5.28. The van der Waals surface area contributed by atoms with Gasteiger partial charge in [-0.15, -0.1) is 0 Å². The zero-order valence-corrected chi connectivity index (χ0v) is 12.1. The molecule has 1 amide bonds. The molecule has 6 nitrogen and oxygen atoms in total. The lowest BCUT2D eigenvalue weighted by molar-refractivity contribution is 0.0520. The third kappa shape index (κ3) is 2.62. The van der Waals surface area contributed by atoms with Gasteiger partial charge in [0, 0.05) is 12.3 Å². The molecule has 22 heavy (non-hydrogen) atoms. The summed E-state index contributed by atoms with van der Waals surface area (Å²) in [7, 11) is 1.54. The van der Waals surface area contributed by atoms with E-state index in [9.17, 15) is 13.6 Å². The van der Waals surface area contributed by atoms with Crippen molar-refractivity contribution >= 4 is 32.6 Å². The summed E-state index contributed by atoms with van der Waals surface area (Å²) in [6.45, 7) is -2.88. The fraction of sp³-hybridized carbons (Fsp3) is 0.154. The van der Waals surface area contributed by atoms with Crippen molar-refractivity contribution in [3.63, 3.8) is 0 Å². The average Bonchev–Trinajstić information content (AvgIpc) is 3.12. The van der Waals surface area contributed by atoms with E-state index >= 15 is 0 Å². The van der Waals surface area contributed by atoms with E-state index < -0.39 is 12.5 Å². The second kappa shape index (κ2) is 5.68. The molecule has 0 fully saturated rings. The maximum atomic E-state index is 12.7. The van der Waals surface area contributed by atoms with Gasteiger partial charge in [-0.3, -0.25) is 10.1 Å². The molecule has 0 saturated heterocycles. The van der Waals surface area contributed by atoms with E-state index in [1.165, 1.54) is 17.4 Å². The Bertz CT molecular complexity index is 830. The summed E-state index contributed by atoms with van der Waals surface area (Å²) in [4.78, 5) is 16.3. The van der Waals surface area contributed by atoms with Gasteiger partial charge in [-0.25, -0.2) is 4.98 Å². The molecule has 0 aliphatic carbocycles. The van der Waals surface area contributed by atoms with Crippen LogP contribution in [-0.4, -0.2) is 27.8 Å². The standard InChI is InChI=1S/C13H10F2N4O2S/c1-21-7-2-3-10-8(6-7)17-13(22-10)18-11(20)9-4-5-16-19(9)12(14)15/h2-6,12H,1H3,(H,17,18,20). The Labute approximate surface area is 127 Å². The quantitative estimate of drug-likeness (QED) is 0.800. The van der Waals surface area contributed by atoms with Gasteiger partial charge in [0.05, 0.1) is 17.3 Å². The number of fused-ring (bicyclic) bond motifs is 1. The molecule has 114 valence electrons. The van der Waals surface area contributed by atoms with Gasteiger partial charge in [0.2, 0.25) is 0 Å². The lowest BCUT2D eigenvalue weighted by Crippen LogP contribution is -2.18. The van der Waals surface area contributed by atoms with Crippen LogP contribution in [0.1, 0.15) is 17.0 Å². The van der Waals surface area contributed by atoms with Crippen molar-refractivity contribution in [3.05, 3.63) is 36.2 Å². The third-order valence-corrected chi connectivity index (χ3v) is 3.85. The van der Waals surface area contributed by atoms with Gasteiger partial charge in [-0.1, -0.05) is 11.3 Å². The minimum absolute atomic E-state index is 0.230. The van der Waals surface area contributed by atoms with Crippen molar-refractivity contribution < 1.29 is 18.3 Å². The molecule has 9 heteroatoms. The number of nitrogens with one attached hydrogen (secondary N) is 1. The number of hydrogen-bond acceptors (Lipinski definition) is 5. The van der Waals surface area contributed by atoms with Crippen molar-refractivity contribution in [1.29, 1.82) is 0 Å². The molecule has 1 aromatic carbocycles. The van der Waals surface area contributed by atoms with E-state index in [1.807, 2.05) is 6.07 Å². The molecule has 2 aromatic heterocycles. The number of nitrogens with zero attached hydrogens (tertiary/aromatic N) is 3. The number of rotatable bonds is 4. The maximum Gasteiger partial charge on any atom is 0.333 e. The first-order valence-corrected chi connectivity index (χ1v) is 6.97. The molecule has 2 heterocycles. The molecule has 0 aliphatic heterocycles. The lowest BCUT2D eigenvalue weighted by atomic mass is 10.3. The number of ether oxygens (including phenoxy) is 1. The lowest BCUT2D eigenvalue weighted by Gasteiger charge is -2.04. The SMILES string of the molecule is COc1ccc2sc(NC(=O)c3ccnn3C(F)F)nc2c1. The normalized spacial score (nSPS) is 11.1. The molecule has 3 aromatic rings. The molecule has 0 atom stereocenters. The number of alkyl halides is 2. The van der Waals surface area contributed by atoms with Crippen LogP contribution in [0.4, 0.5) is 13.9 Å². The van der Waals surface area contributed by atoms with E-state index in [-0.39, 0.29) is 5.69 Å². The highest BCUT2D eigenvalue weighted by Crippen LogP contribution is 2.29. The van der Waals surface area contributed by atoms with Crippen LogP contribution in [0, 0.1) is 0 Å². The van der Waals surface area contributed by atoms with Gasteiger partial charge in [0.25, 0.3) is 5.91 Å². The van der Waals surface area contributed by atoms with E-state index in [0.29, 0.717) is 21.1 Å². The number of hydrogen-bond donors (Lipinski definition) is 1. The van der Waals surface area contributed by atoms with Gasteiger partial charge >= 0.3 is 6.55 Å². The first-order chi connectivity index (χ1) is 10.6. The third-order valence-electron chi connectivity index (χ3n) is 2.90. The Morgan fingerprint density at radius 3 is 2.95 bits per heavy atom. The number of thiazole rings is 1. The highest BCUT2D eigenvalue weighted by atomic mass is 32.1. The molecule has 1 N–H and O–H groups in total. The van der Waals surface area contributed by atoms with Crippen LogP contribution >= 0.6 is 11.3 Å². The van der Waals surface area contributed by atoms with Gasteiger partial charge in [0.15, 0.2) is 5.13 Å². The molecular weight excluding hydrogens is 314 g/mol. The van der Waals surface area contributed by atoms with Crippen molar-refractivity contribution in [2.45, 2.75) is 6.55 Å². The summed E-state index contributed by atoms with van der Waals surface area (Å²) in [5.41, 5.74) is 0.425. The topological polar surface area (TPSA) is 69.0 Å². The Hall–Kier alpha value is -2.55. The van der Waals surface area contributed by atoms with Gasteiger partial charge in [0.1, 0.15) is 11.4 Å². The summed E-state index contributed by atoms with van der Waals surface area (Å²) in [6.07, 6.45) is 1.14. The number of carbonyl (C=O) groups excluding carboxylic acids is 1. The first kappa shape index (κ1) is 14.4. The van der Waals surface area contributed by atoms with Gasteiger partial charge < -0.3 is 4.74 Å². The van der Waals surface area contributed by atoms with Crippen LogP contribution in [-0.2, 0) is 0 Å². The zero-order valence-electron chi connectivity index (χ0n) is 11.3. The van der Waals surface area contributed by atoms with E-state index in [0.717, 1.165) is 10.9 Å². The molecule has 0 aliphatic rings. The zero-order chi connectivity index (χ0) is 15.7. The Kier molecular flexibility index (Phi) is 3.72. The maximum absolute atomic E-state index is 12.7. The number of benzene rings is 1. The number of carbonyl (C=O) groups is 1. The summed E-state index contributed by atoms with van der Waals surface area (Å²) in [5, 5.41) is 6.23. The van der Waals surface area contributed by atoms with Crippen LogP contribution in [0.5, 0.6) is 5.75 Å². The van der Waals surface area contributed by atoms with Crippen LogP contribution in [0.15, 0.2) is 30.5 Å². The number of aromatic nitrogens is 3. The Morgan fingerprint density at radius 1 is 1.41 bits per heavy atom. The number of halogens is 2.